The highest BCUT2D eigenvalue weighted by molar-refractivity contribution is 5.15. The third kappa shape index (κ3) is 3.06. The average Bonchev–Trinajstić information content (AvgIpc) is 2.79. The zero-order valence-corrected chi connectivity index (χ0v) is 10.1. The second-order valence-corrected chi connectivity index (χ2v) is 4.72. The Labute approximate surface area is 103 Å². The van der Waals surface area contributed by atoms with Crippen molar-refractivity contribution in [1.29, 1.82) is 0 Å². The van der Waals surface area contributed by atoms with E-state index in [4.69, 9.17) is 0 Å². The van der Waals surface area contributed by atoms with E-state index in [0.717, 1.165) is 25.8 Å². The van der Waals surface area contributed by atoms with Crippen LogP contribution in [0.4, 0.5) is 0 Å². The molecule has 1 aliphatic heterocycles. The first-order chi connectivity index (χ1) is 8.35. The Morgan fingerprint density at radius 1 is 1.00 bits per heavy atom. The van der Waals surface area contributed by atoms with E-state index in [-0.39, 0.29) is 25.3 Å². The molecule has 0 bridgehead atoms. The number of nitrogens with zero attached hydrogens (tertiary/aromatic N) is 1. The van der Waals surface area contributed by atoms with Crippen LogP contribution in [0.1, 0.15) is 18.4 Å². The van der Waals surface area contributed by atoms with Gasteiger partial charge in [-0.15, -0.1) is 0 Å². The van der Waals surface area contributed by atoms with Crippen molar-refractivity contribution in [2.75, 3.05) is 19.8 Å². The third-order valence-electron chi connectivity index (χ3n) is 3.69. The van der Waals surface area contributed by atoms with Crippen LogP contribution in [0.25, 0.3) is 0 Å². The summed E-state index contributed by atoms with van der Waals surface area (Å²) in [7, 11) is 0. The van der Waals surface area contributed by atoms with Gasteiger partial charge in [-0.1, -0.05) is 30.3 Å². The van der Waals surface area contributed by atoms with Gasteiger partial charge in [-0.3, -0.25) is 4.90 Å². The SMILES string of the molecule is OC[C@H]1CC[C@H](CO)N1CCc1ccccc1. The molecule has 94 valence electrons. The minimum absolute atomic E-state index is 0.200. The monoisotopic (exact) mass is 235 g/mol. The molecule has 1 saturated heterocycles. The van der Waals surface area contributed by atoms with E-state index in [2.05, 4.69) is 17.0 Å². The molecule has 0 amide bonds. The molecule has 0 spiro atoms. The summed E-state index contributed by atoms with van der Waals surface area (Å²) < 4.78 is 0. The molecule has 0 radical (unpaired) electrons. The smallest absolute Gasteiger partial charge is 0.0587 e. The molecule has 3 nitrogen and oxygen atoms in total. The molecule has 1 fully saturated rings. The Morgan fingerprint density at radius 2 is 1.59 bits per heavy atom. The maximum atomic E-state index is 9.32. The van der Waals surface area contributed by atoms with Crippen LogP contribution in [0.5, 0.6) is 0 Å². The van der Waals surface area contributed by atoms with Gasteiger partial charge in [-0.2, -0.15) is 0 Å². The predicted molar refractivity (Wildman–Crippen MR) is 67.8 cm³/mol. The molecular weight excluding hydrogens is 214 g/mol. The van der Waals surface area contributed by atoms with Gasteiger partial charge in [0.15, 0.2) is 0 Å². The topological polar surface area (TPSA) is 43.7 Å². The molecule has 0 unspecified atom stereocenters. The summed E-state index contributed by atoms with van der Waals surface area (Å²) in [4.78, 5) is 2.26. The lowest BCUT2D eigenvalue weighted by molar-refractivity contribution is 0.0975. The van der Waals surface area contributed by atoms with Gasteiger partial charge in [-0.25, -0.2) is 0 Å². The maximum absolute atomic E-state index is 9.32. The summed E-state index contributed by atoms with van der Waals surface area (Å²) in [6, 6.07) is 10.8. The van der Waals surface area contributed by atoms with Gasteiger partial charge in [0.05, 0.1) is 13.2 Å². The molecular formula is C14H21NO2. The van der Waals surface area contributed by atoms with Crippen molar-refractivity contribution in [3.05, 3.63) is 35.9 Å². The third-order valence-corrected chi connectivity index (χ3v) is 3.69. The van der Waals surface area contributed by atoms with Gasteiger partial charge >= 0.3 is 0 Å². The number of aliphatic hydroxyl groups is 2. The fourth-order valence-corrected chi connectivity index (χ4v) is 2.67. The molecule has 3 heteroatoms. The van der Waals surface area contributed by atoms with Crippen LogP contribution >= 0.6 is 0 Å². The van der Waals surface area contributed by atoms with E-state index >= 15 is 0 Å². The van der Waals surface area contributed by atoms with Crippen LogP contribution < -0.4 is 0 Å². The minimum Gasteiger partial charge on any atom is -0.395 e. The van der Waals surface area contributed by atoms with Crippen molar-refractivity contribution in [2.24, 2.45) is 0 Å². The van der Waals surface area contributed by atoms with Crippen molar-refractivity contribution < 1.29 is 10.2 Å². The zero-order chi connectivity index (χ0) is 12.1. The number of likely N-dealkylation sites (tertiary alicyclic amines) is 1. The van der Waals surface area contributed by atoms with Gasteiger partial charge in [0.2, 0.25) is 0 Å². The quantitative estimate of drug-likeness (QED) is 0.801. The Morgan fingerprint density at radius 3 is 2.12 bits per heavy atom. The van der Waals surface area contributed by atoms with Crippen molar-refractivity contribution in [3.63, 3.8) is 0 Å². The van der Waals surface area contributed by atoms with Crippen molar-refractivity contribution in [1.82, 2.24) is 4.90 Å². The van der Waals surface area contributed by atoms with Gasteiger partial charge in [-0.05, 0) is 24.8 Å². The van der Waals surface area contributed by atoms with Crippen molar-refractivity contribution >= 4 is 0 Å². The summed E-state index contributed by atoms with van der Waals surface area (Å²) in [6.07, 6.45) is 2.97. The summed E-state index contributed by atoms with van der Waals surface area (Å²) in [6.45, 7) is 1.32. The van der Waals surface area contributed by atoms with Crippen LogP contribution in [-0.2, 0) is 6.42 Å². The molecule has 0 saturated carbocycles. The van der Waals surface area contributed by atoms with Gasteiger partial charge in [0, 0.05) is 18.6 Å². The lowest BCUT2D eigenvalue weighted by Gasteiger charge is -2.28. The summed E-state index contributed by atoms with van der Waals surface area (Å²) in [5, 5.41) is 18.6. The number of aliphatic hydroxyl groups excluding tert-OH is 2. The minimum atomic E-state index is 0.200. The second-order valence-electron chi connectivity index (χ2n) is 4.72. The van der Waals surface area contributed by atoms with E-state index in [1.54, 1.807) is 0 Å². The van der Waals surface area contributed by atoms with E-state index in [1.807, 2.05) is 18.2 Å². The Hall–Kier alpha value is -0.900. The highest BCUT2D eigenvalue weighted by Gasteiger charge is 2.31. The molecule has 2 atom stereocenters. The van der Waals surface area contributed by atoms with E-state index in [0.29, 0.717) is 0 Å². The van der Waals surface area contributed by atoms with Crippen molar-refractivity contribution in [3.8, 4) is 0 Å². The normalized spacial score (nSPS) is 25.3. The summed E-state index contributed by atoms with van der Waals surface area (Å²) in [5.74, 6) is 0. The average molecular weight is 235 g/mol. The molecule has 0 aromatic heterocycles. The van der Waals surface area contributed by atoms with Gasteiger partial charge < -0.3 is 10.2 Å². The van der Waals surface area contributed by atoms with Crippen LogP contribution in [-0.4, -0.2) is 47.0 Å². The van der Waals surface area contributed by atoms with E-state index in [1.165, 1.54) is 5.56 Å². The Kier molecular flexibility index (Phi) is 4.54. The first-order valence-corrected chi connectivity index (χ1v) is 6.36. The molecule has 1 aromatic carbocycles. The van der Waals surface area contributed by atoms with Crippen LogP contribution in [0.3, 0.4) is 0 Å². The zero-order valence-electron chi connectivity index (χ0n) is 10.1. The molecule has 2 N–H and O–H groups in total. The lowest BCUT2D eigenvalue weighted by atomic mass is 10.1. The van der Waals surface area contributed by atoms with Crippen LogP contribution in [0.15, 0.2) is 30.3 Å². The fourth-order valence-electron chi connectivity index (χ4n) is 2.67. The van der Waals surface area contributed by atoms with Crippen LogP contribution in [0, 0.1) is 0 Å². The summed E-state index contributed by atoms with van der Waals surface area (Å²) >= 11 is 0. The Balaban J connectivity index is 1.92. The molecule has 2 rings (SSSR count). The predicted octanol–water partition coefficient (Wildman–Crippen LogP) is 1.05. The first-order valence-electron chi connectivity index (χ1n) is 6.36. The molecule has 0 aliphatic carbocycles. The van der Waals surface area contributed by atoms with Crippen LogP contribution in [0.2, 0.25) is 0 Å². The maximum Gasteiger partial charge on any atom is 0.0587 e. The lowest BCUT2D eigenvalue weighted by Crippen LogP contribution is -2.41. The van der Waals surface area contributed by atoms with E-state index in [9.17, 15) is 10.2 Å². The highest BCUT2D eigenvalue weighted by Crippen LogP contribution is 2.23. The summed E-state index contributed by atoms with van der Waals surface area (Å²) in [5.41, 5.74) is 1.31. The number of hydrogen-bond acceptors (Lipinski definition) is 3. The molecule has 1 aliphatic rings. The molecule has 1 aromatic rings. The highest BCUT2D eigenvalue weighted by atomic mass is 16.3. The Bertz CT molecular complexity index is 316. The van der Waals surface area contributed by atoms with E-state index < -0.39 is 0 Å². The van der Waals surface area contributed by atoms with Crippen molar-refractivity contribution in [2.45, 2.75) is 31.3 Å². The second kappa shape index (κ2) is 6.15. The molecule has 17 heavy (non-hydrogen) atoms. The number of rotatable bonds is 5. The number of hydrogen-bond donors (Lipinski definition) is 2. The number of benzene rings is 1. The molecule has 1 heterocycles. The largest absolute Gasteiger partial charge is 0.395 e. The fraction of sp³-hybridized carbons (Fsp3) is 0.571. The van der Waals surface area contributed by atoms with Gasteiger partial charge in [0.1, 0.15) is 0 Å². The first kappa shape index (κ1) is 12.6. The standard InChI is InChI=1S/C14H21NO2/c16-10-13-6-7-14(11-17)15(13)9-8-12-4-2-1-3-5-12/h1-5,13-14,16-17H,6-11H2/t13-,14-/m1/s1. The van der Waals surface area contributed by atoms with Gasteiger partial charge in [0.25, 0.3) is 0 Å².